The van der Waals surface area contributed by atoms with Crippen LogP contribution in [0.5, 0.6) is 11.5 Å². The highest BCUT2D eigenvalue weighted by atomic mass is 16.5. The summed E-state index contributed by atoms with van der Waals surface area (Å²) < 4.78 is 10.4. The zero-order valence-corrected chi connectivity index (χ0v) is 10.5. The number of ether oxygens (including phenoxy) is 2. The van der Waals surface area contributed by atoms with Gasteiger partial charge in [0.05, 0.1) is 20.8 Å². The van der Waals surface area contributed by atoms with Gasteiger partial charge in [-0.25, -0.2) is 4.79 Å². The number of hydrogen-bond acceptors (Lipinski definition) is 3. The van der Waals surface area contributed by atoms with E-state index in [9.17, 15) is 4.79 Å². The molecule has 0 aliphatic rings. The van der Waals surface area contributed by atoms with E-state index in [0.29, 0.717) is 5.75 Å². The molecule has 0 aliphatic carbocycles. The Morgan fingerprint density at radius 3 is 2.35 bits per heavy atom. The molecule has 0 radical (unpaired) electrons. The van der Waals surface area contributed by atoms with E-state index in [1.807, 2.05) is 13.0 Å². The van der Waals surface area contributed by atoms with E-state index in [-0.39, 0.29) is 6.54 Å². The second kappa shape index (κ2) is 5.43. The van der Waals surface area contributed by atoms with Crippen LogP contribution in [0.25, 0.3) is 0 Å². The third-order valence-electron chi connectivity index (χ3n) is 2.53. The molecule has 0 bridgehead atoms. The van der Waals surface area contributed by atoms with Gasteiger partial charge in [0.15, 0.2) is 0 Å². The molecule has 94 valence electrons. The van der Waals surface area contributed by atoms with Gasteiger partial charge in [-0.15, -0.1) is 0 Å². The van der Waals surface area contributed by atoms with Crippen molar-refractivity contribution in [1.82, 2.24) is 4.90 Å². The SMILES string of the molecule is COc1cc(CN(C)C(=O)O)c(OC)cc1C. The van der Waals surface area contributed by atoms with Crippen LogP contribution in [-0.2, 0) is 6.54 Å². The zero-order valence-electron chi connectivity index (χ0n) is 10.5. The average Bonchev–Trinajstić information content (AvgIpc) is 2.30. The van der Waals surface area contributed by atoms with Crippen molar-refractivity contribution < 1.29 is 19.4 Å². The van der Waals surface area contributed by atoms with Gasteiger partial charge in [0.2, 0.25) is 0 Å². The van der Waals surface area contributed by atoms with Crippen molar-refractivity contribution >= 4 is 6.09 Å². The smallest absolute Gasteiger partial charge is 0.407 e. The molecule has 0 atom stereocenters. The number of benzene rings is 1. The number of carbonyl (C=O) groups is 1. The third kappa shape index (κ3) is 3.03. The minimum absolute atomic E-state index is 0.259. The Morgan fingerprint density at radius 1 is 1.29 bits per heavy atom. The molecule has 0 aromatic heterocycles. The maximum absolute atomic E-state index is 10.8. The van der Waals surface area contributed by atoms with E-state index in [1.54, 1.807) is 20.3 Å². The molecule has 1 N–H and O–H groups in total. The van der Waals surface area contributed by atoms with Crippen LogP contribution in [0.4, 0.5) is 4.79 Å². The Labute approximate surface area is 101 Å². The predicted molar refractivity (Wildman–Crippen MR) is 63.8 cm³/mol. The van der Waals surface area contributed by atoms with Crippen molar-refractivity contribution in [3.05, 3.63) is 23.3 Å². The summed E-state index contributed by atoms with van der Waals surface area (Å²) in [5.41, 5.74) is 1.73. The molecular weight excluding hydrogens is 222 g/mol. The summed E-state index contributed by atoms with van der Waals surface area (Å²) in [5.74, 6) is 1.39. The van der Waals surface area contributed by atoms with Crippen LogP contribution in [0.1, 0.15) is 11.1 Å². The summed E-state index contributed by atoms with van der Waals surface area (Å²) in [6.07, 6.45) is -0.980. The maximum Gasteiger partial charge on any atom is 0.407 e. The molecule has 17 heavy (non-hydrogen) atoms. The van der Waals surface area contributed by atoms with Crippen LogP contribution >= 0.6 is 0 Å². The fourth-order valence-corrected chi connectivity index (χ4v) is 1.56. The standard InChI is InChI=1S/C12H17NO4/c1-8-5-11(17-4)9(6-10(8)16-3)7-13(2)12(14)15/h5-6H,7H2,1-4H3,(H,14,15). The van der Waals surface area contributed by atoms with Crippen molar-refractivity contribution in [3.63, 3.8) is 0 Å². The van der Waals surface area contributed by atoms with Gasteiger partial charge in [0.25, 0.3) is 0 Å². The van der Waals surface area contributed by atoms with Crippen molar-refractivity contribution in [2.24, 2.45) is 0 Å². The normalized spacial score (nSPS) is 9.88. The van der Waals surface area contributed by atoms with Gasteiger partial charge in [-0.2, -0.15) is 0 Å². The predicted octanol–water partition coefficient (Wildman–Crippen LogP) is 2.12. The van der Waals surface area contributed by atoms with E-state index in [1.165, 1.54) is 11.9 Å². The minimum atomic E-state index is -0.980. The molecule has 5 heteroatoms. The number of amides is 1. The fourth-order valence-electron chi connectivity index (χ4n) is 1.56. The highest BCUT2D eigenvalue weighted by Crippen LogP contribution is 2.28. The number of aryl methyl sites for hydroxylation is 1. The largest absolute Gasteiger partial charge is 0.496 e. The van der Waals surface area contributed by atoms with Gasteiger partial charge >= 0.3 is 6.09 Å². The number of hydrogen-bond donors (Lipinski definition) is 1. The average molecular weight is 239 g/mol. The molecule has 0 saturated heterocycles. The van der Waals surface area contributed by atoms with Crippen molar-refractivity contribution in [1.29, 1.82) is 0 Å². The van der Waals surface area contributed by atoms with Crippen LogP contribution < -0.4 is 9.47 Å². The Kier molecular flexibility index (Phi) is 4.20. The lowest BCUT2D eigenvalue weighted by Gasteiger charge is -2.17. The molecule has 1 aromatic carbocycles. The Morgan fingerprint density at radius 2 is 1.88 bits per heavy atom. The monoisotopic (exact) mass is 239 g/mol. The van der Waals surface area contributed by atoms with Gasteiger partial charge in [0, 0.05) is 12.6 Å². The van der Waals surface area contributed by atoms with Crippen LogP contribution in [0.2, 0.25) is 0 Å². The van der Waals surface area contributed by atoms with Crippen LogP contribution in [-0.4, -0.2) is 37.4 Å². The van der Waals surface area contributed by atoms with Gasteiger partial charge in [-0.05, 0) is 24.6 Å². The lowest BCUT2D eigenvalue weighted by molar-refractivity contribution is 0.153. The van der Waals surface area contributed by atoms with E-state index in [0.717, 1.165) is 16.9 Å². The van der Waals surface area contributed by atoms with E-state index in [2.05, 4.69) is 0 Å². The molecule has 1 aromatic rings. The van der Waals surface area contributed by atoms with Crippen molar-refractivity contribution in [2.75, 3.05) is 21.3 Å². The van der Waals surface area contributed by atoms with Crippen LogP contribution in [0, 0.1) is 6.92 Å². The summed E-state index contributed by atoms with van der Waals surface area (Å²) in [6, 6.07) is 3.64. The molecule has 0 unspecified atom stereocenters. The van der Waals surface area contributed by atoms with Crippen LogP contribution in [0.3, 0.4) is 0 Å². The Balaban J connectivity index is 3.08. The Bertz CT molecular complexity index is 417. The second-order valence-corrected chi connectivity index (χ2v) is 3.77. The molecule has 1 amide bonds. The van der Waals surface area contributed by atoms with Gasteiger partial charge in [0.1, 0.15) is 11.5 Å². The quantitative estimate of drug-likeness (QED) is 0.874. The van der Waals surface area contributed by atoms with Crippen molar-refractivity contribution in [3.8, 4) is 11.5 Å². The molecule has 0 fully saturated rings. The first-order valence-corrected chi connectivity index (χ1v) is 5.15. The van der Waals surface area contributed by atoms with E-state index >= 15 is 0 Å². The number of rotatable bonds is 4. The molecular formula is C12H17NO4. The van der Waals surface area contributed by atoms with Gasteiger partial charge in [-0.3, -0.25) is 0 Å². The van der Waals surface area contributed by atoms with Gasteiger partial charge < -0.3 is 19.5 Å². The highest BCUT2D eigenvalue weighted by molar-refractivity contribution is 5.64. The van der Waals surface area contributed by atoms with E-state index in [4.69, 9.17) is 14.6 Å². The molecule has 0 spiro atoms. The second-order valence-electron chi connectivity index (χ2n) is 3.77. The summed E-state index contributed by atoms with van der Waals surface area (Å²) >= 11 is 0. The molecule has 0 aliphatic heterocycles. The molecule has 5 nitrogen and oxygen atoms in total. The van der Waals surface area contributed by atoms with Crippen LogP contribution in [0.15, 0.2) is 12.1 Å². The fraction of sp³-hybridized carbons (Fsp3) is 0.417. The summed E-state index contributed by atoms with van der Waals surface area (Å²) in [7, 11) is 4.65. The lowest BCUT2D eigenvalue weighted by atomic mass is 10.1. The number of methoxy groups -OCH3 is 2. The topological polar surface area (TPSA) is 59.0 Å². The number of carboxylic acid groups (broad SMARTS) is 1. The Hall–Kier alpha value is -1.91. The van der Waals surface area contributed by atoms with Gasteiger partial charge in [-0.1, -0.05) is 0 Å². The third-order valence-corrected chi connectivity index (χ3v) is 2.53. The van der Waals surface area contributed by atoms with E-state index < -0.39 is 6.09 Å². The maximum atomic E-state index is 10.8. The summed E-state index contributed by atoms with van der Waals surface area (Å²) in [4.78, 5) is 12.0. The summed E-state index contributed by atoms with van der Waals surface area (Å²) in [6.45, 7) is 2.17. The van der Waals surface area contributed by atoms with Crippen molar-refractivity contribution in [2.45, 2.75) is 13.5 Å². The summed E-state index contributed by atoms with van der Waals surface area (Å²) in [5, 5.41) is 8.84. The molecule has 0 saturated carbocycles. The first kappa shape index (κ1) is 13.2. The minimum Gasteiger partial charge on any atom is -0.496 e. The highest BCUT2D eigenvalue weighted by Gasteiger charge is 2.13. The number of nitrogens with zero attached hydrogens (tertiary/aromatic N) is 1. The first-order chi connectivity index (χ1) is 7.99. The molecule has 1 rings (SSSR count). The molecule has 0 heterocycles. The lowest BCUT2D eigenvalue weighted by Crippen LogP contribution is -2.24. The zero-order chi connectivity index (χ0) is 13.0. The first-order valence-electron chi connectivity index (χ1n) is 5.15.